The van der Waals surface area contributed by atoms with Crippen LogP contribution < -0.4 is 10.2 Å². The molecule has 1 aromatic heterocycles. The number of Topliss-reactive ketones (excluding diaryl/α,β-unsaturated/α-hetero) is 1. The minimum absolute atomic E-state index is 0.0822. The lowest BCUT2D eigenvalue weighted by atomic mass is 9.99. The average molecular weight is 616 g/mol. The first kappa shape index (κ1) is 30.7. The fourth-order valence-corrected chi connectivity index (χ4v) is 6.82. The number of rotatable bonds is 9. The molecule has 0 aliphatic carbocycles. The highest BCUT2D eigenvalue weighted by Crippen LogP contribution is 2.30. The summed E-state index contributed by atoms with van der Waals surface area (Å²) in [6.45, 7) is 3.54. The molecular formula is C29H35F2N7O4S. The van der Waals surface area contributed by atoms with Crippen molar-refractivity contribution in [2.24, 2.45) is 0 Å². The number of halogens is 2. The SMILES string of the molecule is CN(C)CC(=O)Nc1cc(N2CCN(C)CC2)ccc1C(=O)Cc1n[nH]c2c1CN(S(=O)(=O)c1cc(F)cc(F)c1)CC2. The normalized spacial score (nSPS) is 16.4. The lowest BCUT2D eigenvalue weighted by molar-refractivity contribution is -0.116. The summed E-state index contributed by atoms with van der Waals surface area (Å²) >= 11 is 0. The van der Waals surface area contributed by atoms with Crippen molar-refractivity contribution in [1.82, 2.24) is 24.3 Å². The molecule has 2 aliphatic heterocycles. The van der Waals surface area contributed by atoms with E-state index in [0.717, 1.165) is 48.3 Å². The lowest BCUT2D eigenvalue weighted by Gasteiger charge is -2.34. The Balaban J connectivity index is 1.39. The molecule has 0 radical (unpaired) electrons. The Morgan fingerprint density at radius 1 is 1.02 bits per heavy atom. The predicted molar refractivity (Wildman–Crippen MR) is 158 cm³/mol. The molecule has 0 spiro atoms. The molecule has 1 saturated heterocycles. The van der Waals surface area contributed by atoms with Gasteiger partial charge in [-0.25, -0.2) is 17.2 Å². The number of hydrogen-bond acceptors (Lipinski definition) is 8. The number of anilines is 2. The first-order valence-corrected chi connectivity index (χ1v) is 15.4. The topological polar surface area (TPSA) is 122 Å². The molecule has 3 heterocycles. The summed E-state index contributed by atoms with van der Waals surface area (Å²) in [6.07, 6.45) is 0.151. The molecule has 14 heteroatoms. The molecule has 43 heavy (non-hydrogen) atoms. The van der Waals surface area contributed by atoms with Crippen molar-refractivity contribution in [3.8, 4) is 0 Å². The minimum Gasteiger partial charge on any atom is -0.369 e. The molecule has 230 valence electrons. The van der Waals surface area contributed by atoms with Gasteiger partial charge >= 0.3 is 0 Å². The van der Waals surface area contributed by atoms with Gasteiger partial charge < -0.3 is 20.0 Å². The molecule has 0 bridgehead atoms. The van der Waals surface area contributed by atoms with Crippen LogP contribution in [-0.4, -0.2) is 105 Å². The van der Waals surface area contributed by atoms with Gasteiger partial charge in [0.1, 0.15) is 11.6 Å². The maximum atomic E-state index is 13.8. The second-order valence-corrected chi connectivity index (χ2v) is 13.2. The molecule has 1 amide bonds. The van der Waals surface area contributed by atoms with Gasteiger partial charge in [0.05, 0.1) is 29.2 Å². The van der Waals surface area contributed by atoms with Crippen LogP contribution in [0.4, 0.5) is 20.2 Å². The summed E-state index contributed by atoms with van der Waals surface area (Å²) in [5, 5.41) is 10.1. The number of piperazine rings is 1. The van der Waals surface area contributed by atoms with Gasteiger partial charge in [-0.2, -0.15) is 9.40 Å². The van der Waals surface area contributed by atoms with E-state index in [4.69, 9.17) is 0 Å². The Morgan fingerprint density at radius 3 is 2.40 bits per heavy atom. The van der Waals surface area contributed by atoms with Crippen molar-refractivity contribution in [1.29, 1.82) is 0 Å². The molecule has 5 rings (SSSR count). The number of amides is 1. The van der Waals surface area contributed by atoms with Crippen molar-refractivity contribution in [2.75, 3.05) is 70.6 Å². The monoisotopic (exact) mass is 615 g/mol. The van der Waals surface area contributed by atoms with Gasteiger partial charge in [0.15, 0.2) is 5.78 Å². The van der Waals surface area contributed by atoms with E-state index in [1.807, 2.05) is 12.1 Å². The van der Waals surface area contributed by atoms with Gasteiger partial charge in [0.2, 0.25) is 15.9 Å². The number of ketones is 1. The van der Waals surface area contributed by atoms with Gasteiger partial charge in [-0.15, -0.1) is 0 Å². The van der Waals surface area contributed by atoms with Crippen LogP contribution in [0.25, 0.3) is 0 Å². The van der Waals surface area contributed by atoms with Crippen molar-refractivity contribution in [3.63, 3.8) is 0 Å². The maximum absolute atomic E-state index is 13.8. The number of carbonyl (C=O) groups excluding carboxylic acids is 2. The zero-order chi connectivity index (χ0) is 30.9. The van der Waals surface area contributed by atoms with E-state index in [1.165, 1.54) is 0 Å². The number of hydrogen-bond donors (Lipinski definition) is 2. The van der Waals surface area contributed by atoms with Crippen LogP contribution in [0.3, 0.4) is 0 Å². The molecule has 3 aromatic rings. The Labute approximate surface area is 249 Å². The Hall–Kier alpha value is -3.72. The first-order chi connectivity index (χ1) is 20.4. The Kier molecular flexibility index (Phi) is 8.92. The van der Waals surface area contributed by atoms with Gasteiger partial charge in [-0.05, 0) is 51.5 Å². The number of nitrogens with zero attached hydrogens (tertiary/aromatic N) is 5. The van der Waals surface area contributed by atoms with Gasteiger partial charge in [-0.3, -0.25) is 14.7 Å². The lowest BCUT2D eigenvalue weighted by Crippen LogP contribution is -2.44. The summed E-state index contributed by atoms with van der Waals surface area (Å²) in [5.74, 6) is -2.54. The van der Waals surface area contributed by atoms with E-state index in [-0.39, 0.29) is 37.7 Å². The zero-order valence-corrected chi connectivity index (χ0v) is 25.2. The van der Waals surface area contributed by atoms with E-state index in [0.29, 0.717) is 40.7 Å². The second kappa shape index (κ2) is 12.5. The molecule has 0 atom stereocenters. The Morgan fingerprint density at radius 2 is 1.72 bits per heavy atom. The third-order valence-corrected chi connectivity index (χ3v) is 9.51. The number of aromatic amines is 1. The van der Waals surface area contributed by atoms with Gasteiger partial charge in [-0.1, -0.05) is 0 Å². The van der Waals surface area contributed by atoms with E-state index in [2.05, 4.69) is 32.4 Å². The van der Waals surface area contributed by atoms with Crippen LogP contribution in [0, 0.1) is 11.6 Å². The quantitative estimate of drug-likeness (QED) is 0.351. The van der Waals surface area contributed by atoms with Crippen molar-refractivity contribution in [2.45, 2.75) is 24.3 Å². The van der Waals surface area contributed by atoms with Crippen LogP contribution in [-0.2, 0) is 34.2 Å². The standard InChI is InChI=1S/C29H35F2N7O4S/c1-35(2)18-29(40)32-26-15-21(37-10-8-36(3)9-11-37)4-5-23(26)28(39)16-27-24-17-38(7-6-25(24)33-34-27)43(41,42)22-13-19(30)12-20(31)14-22/h4-5,12-15H,6-11,16-18H2,1-3H3,(H,32,40)(H,33,34). The number of fused-ring (bicyclic) bond motifs is 1. The fourth-order valence-electron chi connectivity index (χ4n) is 5.37. The number of nitrogens with one attached hydrogen (secondary N) is 2. The van der Waals surface area contributed by atoms with Crippen LogP contribution >= 0.6 is 0 Å². The number of H-pyrrole nitrogens is 1. The number of likely N-dealkylation sites (N-methyl/N-ethyl adjacent to an activating group) is 2. The minimum atomic E-state index is -4.21. The molecule has 2 aromatic carbocycles. The van der Waals surface area contributed by atoms with E-state index in [9.17, 15) is 26.8 Å². The average Bonchev–Trinajstić information content (AvgIpc) is 3.34. The molecule has 1 fully saturated rings. The fraction of sp³-hybridized carbons (Fsp3) is 0.414. The summed E-state index contributed by atoms with van der Waals surface area (Å²) in [6, 6.07) is 7.57. The zero-order valence-electron chi connectivity index (χ0n) is 24.4. The summed E-state index contributed by atoms with van der Waals surface area (Å²) in [5.41, 5.74) is 3.24. The molecule has 11 nitrogen and oxygen atoms in total. The first-order valence-electron chi connectivity index (χ1n) is 14.0. The van der Waals surface area contributed by atoms with Crippen LogP contribution in [0.1, 0.15) is 27.3 Å². The van der Waals surface area contributed by atoms with E-state index >= 15 is 0 Å². The highest BCUT2D eigenvalue weighted by Gasteiger charge is 2.32. The van der Waals surface area contributed by atoms with Crippen molar-refractivity contribution in [3.05, 3.63) is 70.5 Å². The van der Waals surface area contributed by atoms with Crippen LogP contribution in [0.15, 0.2) is 41.3 Å². The molecule has 2 aliphatic rings. The highest BCUT2D eigenvalue weighted by atomic mass is 32.2. The number of aromatic nitrogens is 2. The third kappa shape index (κ3) is 6.93. The Bertz CT molecular complexity index is 1620. The predicted octanol–water partition coefficient (Wildman–Crippen LogP) is 2.11. The maximum Gasteiger partial charge on any atom is 0.243 e. The third-order valence-electron chi connectivity index (χ3n) is 7.69. The van der Waals surface area contributed by atoms with Gasteiger partial charge in [0.25, 0.3) is 0 Å². The largest absolute Gasteiger partial charge is 0.369 e. The number of benzene rings is 2. The van der Waals surface area contributed by atoms with Crippen molar-refractivity contribution >= 4 is 33.1 Å². The van der Waals surface area contributed by atoms with Crippen molar-refractivity contribution < 1.29 is 26.8 Å². The highest BCUT2D eigenvalue weighted by molar-refractivity contribution is 7.89. The number of carbonyl (C=O) groups is 2. The summed E-state index contributed by atoms with van der Waals surface area (Å²) in [4.78, 5) is 32.1. The number of sulfonamides is 1. The summed E-state index contributed by atoms with van der Waals surface area (Å²) in [7, 11) is 1.42. The second-order valence-electron chi connectivity index (χ2n) is 11.2. The molecule has 0 saturated carbocycles. The van der Waals surface area contributed by atoms with Crippen LogP contribution in [0.5, 0.6) is 0 Å². The van der Waals surface area contributed by atoms with E-state index < -0.39 is 26.6 Å². The van der Waals surface area contributed by atoms with Crippen LogP contribution in [0.2, 0.25) is 0 Å². The molecular weight excluding hydrogens is 580 g/mol. The smallest absolute Gasteiger partial charge is 0.243 e. The molecule has 2 N–H and O–H groups in total. The molecule has 0 unspecified atom stereocenters. The summed E-state index contributed by atoms with van der Waals surface area (Å²) < 4.78 is 55.2. The van der Waals surface area contributed by atoms with Gasteiger partial charge in [0, 0.05) is 74.3 Å². The van der Waals surface area contributed by atoms with E-state index in [1.54, 1.807) is 25.1 Å².